The molecule has 0 bridgehead atoms. The van der Waals surface area contributed by atoms with E-state index in [1.165, 1.54) is 37.4 Å². The molecule has 0 saturated heterocycles. The number of nitriles is 2. The predicted molar refractivity (Wildman–Crippen MR) is 139 cm³/mol. The van der Waals surface area contributed by atoms with Gasteiger partial charge in [0.1, 0.15) is 40.6 Å². The Kier molecular flexibility index (Phi) is 8.74. The van der Waals surface area contributed by atoms with Gasteiger partial charge in [-0.1, -0.05) is 12.6 Å². The molecule has 0 aliphatic rings. The van der Waals surface area contributed by atoms with E-state index in [0.717, 1.165) is 5.56 Å². The molecular formula is C28H22FN5O3. The van der Waals surface area contributed by atoms with Crippen LogP contribution in [0.15, 0.2) is 90.1 Å². The minimum atomic E-state index is -0.680. The van der Waals surface area contributed by atoms with Crippen molar-refractivity contribution in [3.05, 3.63) is 102 Å². The molecule has 3 aromatic carbocycles. The molecule has 2 amide bonds. The number of hydrogen-bond donors (Lipinski definition) is 2. The molecule has 184 valence electrons. The summed E-state index contributed by atoms with van der Waals surface area (Å²) >= 11 is 0. The lowest BCUT2D eigenvalue weighted by atomic mass is 10.2. The van der Waals surface area contributed by atoms with E-state index < -0.39 is 11.8 Å². The van der Waals surface area contributed by atoms with Gasteiger partial charge in [-0.15, -0.1) is 0 Å². The number of allylic oxidation sites excluding steroid dienone is 2. The lowest BCUT2D eigenvalue weighted by Gasteiger charge is -2.13. The van der Waals surface area contributed by atoms with Crippen LogP contribution in [0.3, 0.4) is 0 Å². The molecule has 3 aromatic rings. The maximum absolute atomic E-state index is 14.3. The van der Waals surface area contributed by atoms with E-state index in [9.17, 15) is 9.18 Å². The number of halogens is 1. The zero-order valence-electron chi connectivity index (χ0n) is 20.1. The van der Waals surface area contributed by atoms with Gasteiger partial charge in [0.25, 0.3) is 0 Å². The topological polar surface area (TPSA) is 120 Å². The van der Waals surface area contributed by atoms with E-state index in [0.29, 0.717) is 28.5 Å². The summed E-state index contributed by atoms with van der Waals surface area (Å²) in [7, 11) is 1.50. The molecule has 0 unspecified atom stereocenters. The van der Waals surface area contributed by atoms with E-state index in [1.54, 1.807) is 42.5 Å². The number of nitrogens with one attached hydrogen (secondary N) is 2. The van der Waals surface area contributed by atoms with Crippen LogP contribution in [0.5, 0.6) is 17.2 Å². The summed E-state index contributed by atoms with van der Waals surface area (Å²) in [5, 5.41) is 22.9. The number of benzene rings is 3. The number of rotatable bonds is 8. The SMILES string of the molecule is C=C(/C=C\C(C#N)=NC)Oc1cc(NC(=O)Nc2cc(Oc3ccc(C#N)cc3)ccc2F)ccc1C. The minimum Gasteiger partial charge on any atom is -0.458 e. The molecule has 8 nitrogen and oxygen atoms in total. The average molecular weight is 496 g/mol. The Morgan fingerprint density at radius 1 is 1.03 bits per heavy atom. The fourth-order valence-electron chi connectivity index (χ4n) is 2.98. The number of carbonyl (C=O) groups is 1. The smallest absolute Gasteiger partial charge is 0.323 e. The van der Waals surface area contributed by atoms with Crippen molar-refractivity contribution in [1.82, 2.24) is 0 Å². The highest BCUT2D eigenvalue weighted by Gasteiger charge is 2.11. The normalized spacial score (nSPS) is 10.8. The second kappa shape index (κ2) is 12.3. The maximum atomic E-state index is 14.3. The fourth-order valence-corrected chi connectivity index (χ4v) is 2.98. The van der Waals surface area contributed by atoms with Crippen molar-refractivity contribution in [1.29, 1.82) is 10.5 Å². The molecule has 0 aliphatic heterocycles. The van der Waals surface area contributed by atoms with Crippen molar-refractivity contribution in [3.8, 4) is 29.4 Å². The predicted octanol–water partition coefficient (Wildman–Crippen LogP) is 6.49. The van der Waals surface area contributed by atoms with E-state index in [2.05, 4.69) is 22.2 Å². The minimum absolute atomic E-state index is 0.0865. The number of aryl methyl sites for hydroxylation is 1. The molecule has 0 atom stereocenters. The first-order valence-electron chi connectivity index (χ1n) is 10.9. The van der Waals surface area contributed by atoms with E-state index in [4.69, 9.17) is 20.0 Å². The Morgan fingerprint density at radius 3 is 2.43 bits per heavy atom. The van der Waals surface area contributed by atoms with Gasteiger partial charge in [-0.05, 0) is 67.1 Å². The quantitative estimate of drug-likeness (QED) is 0.210. The van der Waals surface area contributed by atoms with Crippen LogP contribution in [-0.4, -0.2) is 18.8 Å². The van der Waals surface area contributed by atoms with Gasteiger partial charge >= 0.3 is 6.03 Å². The standard InChI is InChI=1S/C28H22FN5O3/c1-18-4-8-21(14-27(18)36-19(2)5-9-22(17-31)32-3)33-28(35)34-26-15-24(12-13-25(26)29)37-23-10-6-20(16-30)7-11-23/h4-15H,2H2,1,3H3,(H2,33,34,35)/b9-5-,32-22?. The number of amides is 2. The Hall–Kier alpha value is -5.41. The van der Waals surface area contributed by atoms with Crippen LogP contribution < -0.4 is 20.1 Å². The number of carbonyl (C=O) groups excluding carboxylic acids is 1. The van der Waals surface area contributed by atoms with Crippen molar-refractivity contribution in [2.75, 3.05) is 17.7 Å². The molecule has 0 fully saturated rings. The van der Waals surface area contributed by atoms with E-state index in [1.807, 2.05) is 19.1 Å². The number of aliphatic imine (C=N–C) groups is 1. The molecule has 0 saturated carbocycles. The van der Waals surface area contributed by atoms with Gasteiger partial charge in [-0.3, -0.25) is 4.99 Å². The highest BCUT2D eigenvalue weighted by atomic mass is 19.1. The average Bonchev–Trinajstić information content (AvgIpc) is 2.89. The zero-order valence-corrected chi connectivity index (χ0v) is 20.1. The van der Waals surface area contributed by atoms with E-state index in [-0.39, 0.29) is 17.2 Å². The number of nitrogens with zero attached hydrogens (tertiary/aromatic N) is 3. The molecule has 0 aliphatic carbocycles. The van der Waals surface area contributed by atoms with Crippen LogP contribution in [0.1, 0.15) is 11.1 Å². The van der Waals surface area contributed by atoms with Crippen LogP contribution in [0.25, 0.3) is 0 Å². The second-order valence-corrected chi connectivity index (χ2v) is 7.56. The van der Waals surface area contributed by atoms with Crippen molar-refractivity contribution in [2.45, 2.75) is 6.92 Å². The van der Waals surface area contributed by atoms with Crippen LogP contribution in [0, 0.1) is 35.4 Å². The Balaban J connectivity index is 1.67. The van der Waals surface area contributed by atoms with Crippen molar-refractivity contribution >= 4 is 23.1 Å². The molecule has 9 heteroatoms. The Morgan fingerprint density at radius 2 is 1.76 bits per heavy atom. The van der Waals surface area contributed by atoms with Crippen molar-refractivity contribution < 1.29 is 18.7 Å². The van der Waals surface area contributed by atoms with E-state index >= 15 is 0 Å². The van der Waals surface area contributed by atoms with Crippen LogP contribution in [0.2, 0.25) is 0 Å². The van der Waals surface area contributed by atoms with Crippen LogP contribution in [0.4, 0.5) is 20.6 Å². The summed E-state index contributed by atoms with van der Waals surface area (Å²) in [5.41, 5.74) is 1.79. The van der Waals surface area contributed by atoms with Gasteiger partial charge in [0, 0.05) is 24.9 Å². The van der Waals surface area contributed by atoms with Crippen LogP contribution >= 0.6 is 0 Å². The molecule has 2 N–H and O–H groups in total. The molecule has 0 heterocycles. The number of anilines is 2. The number of urea groups is 1. The summed E-state index contributed by atoms with van der Waals surface area (Å²) in [6, 6.07) is 18.6. The maximum Gasteiger partial charge on any atom is 0.323 e. The first-order valence-corrected chi connectivity index (χ1v) is 10.9. The highest BCUT2D eigenvalue weighted by Crippen LogP contribution is 2.28. The fraction of sp³-hybridized carbons (Fsp3) is 0.0714. The molecule has 37 heavy (non-hydrogen) atoms. The Bertz CT molecular complexity index is 1460. The number of ether oxygens (including phenoxy) is 2. The van der Waals surface area contributed by atoms with Gasteiger partial charge in [0.05, 0.1) is 17.3 Å². The third kappa shape index (κ3) is 7.54. The first-order chi connectivity index (χ1) is 17.8. The van der Waals surface area contributed by atoms with Gasteiger partial charge in [0.2, 0.25) is 0 Å². The van der Waals surface area contributed by atoms with Gasteiger partial charge in [0.15, 0.2) is 0 Å². The highest BCUT2D eigenvalue weighted by molar-refractivity contribution is 6.07. The molecule has 0 radical (unpaired) electrons. The lowest BCUT2D eigenvalue weighted by Crippen LogP contribution is -2.20. The molecule has 0 spiro atoms. The monoisotopic (exact) mass is 495 g/mol. The summed E-state index contributed by atoms with van der Waals surface area (Å²) in [4.78, 5) is 16.4. The van der Waals surface area contributed by atoms with Gasteiger partial charge < -0.3 is 20.1 Å². The summed E-state index contributed by atoms with van der Waals surface area (Å²) in [6.07, 6.45) is 2.98. The molecule has 0 aromatic heterocycles. The van der Waals surface area contributed by atoms with Gasteiger partial charge in [-0.2, -0.15) is 10.5 Å². The molecular weight excluding hydrogens is 473 g/mol. The van der Waals surface area contributed by atoms with Crippen molar-refractivity contribution in [3.63, 3.8) is 0 Å². The largest absolute Gasteiger partial charge is 0.458 e. The first kappa shape index (κ1) is 26.2. The lowest BCUT2D eigenvalue weighted by molar-refractivity contribution is 0.262. The van der Waals surface area contributed by atoms with Crippen LogP contribution in [-0.2, 0) is 0 Å². The summed E-state index contributed by atoms with van der Waals surface area (Å²) in [6.45, 7) is 5.61. The summed E-state index contributed by atoms with van der Waals surface area (Å²) in [5.74, 6) is 0.804. The zero-order chi connectivity index (χ0) is 26.8. The van der Waals surface area contributed by atoms with Gasteiger partial charge in [-0.25, -0.2) is 9.18 Å². The summed E-state index contributed by atoms with van der Waals surface area (Å²) < 4.78 is 25.8. The molecule has 3 rings (SSSR count). The third-order valence-corrected chi connectivity index (χ3v) is 4.87. The van der Waals surface area contributed by atoms with Crippen molar-refractivity contribution in [2.24, 2.45) is 4.99 Å². The second-order valence-electron chi connectivity index (χ2n) is 7.56. The third-order valence-electron chi connectivity index (χ3n) is 4.87. The number of hydrogen-bond acceptors (Lipinski definition) is 6. The Labute approximate surface area is 213 Å².